The van der Waals surface area contributed by atoms with Crippen molar-refractivity contribution in [1.82, 2.24) is 34.3 Å². The van der Waals surface area contributed by atoms with Crippen LogP contribution >= 0.6 is 0 Å². The van der Waals surface area contributed by atoms with E-state index in [1.807, 2.05) is 16.6 Å². The van der Waals surface area contributed by atoms with E-state index in [4.69, 9.17) is 5.10 Å². The molecular weight excluding hydrogens is 378 g/mol. The smallest absolute Gasteiger partial charge is 0.246 e. The lowest BCUT2D eigenvalue weighted by Gasteiger charge is -2.30. The molecule has 1 saturated heterocycles. The van der Waals surface area contributed by atoms with E-state index in [2.05, 4.69) is 20.4 Å². The van der Waals surface area contributed by atoms with Gasteiger partial charge < -0.3 is 0 Å². The predicted molar refractivity (Wildman–Crippen MR) is 102 cm³/mol. The zero-order valence-electron chi connectivity index (χ0n) is 16.0. The van der Waals surface area contributed by atoms with E-state index >= 15 is 0 Å². The number of nitrogens with zero attached hydrogens (tertiary/aromatic N) is 6. The van der Waals surface area contributed by atoms with Gasteiger partial charge >= 0.3 is 0 Å². The van der Waals surface area contributed by atoms with Crippen LogP contribution in [0.3, 0.4) is 0 Å². The maximum absolute atomic E-state index is 13.0. The fourth-order valence-corrected chi connectivity index (χ4v) is 5.88. The highest BCUT2D eigenvalue weighted by Crippen LogP contribution is 2.39. The summed E-state index contributed by atoms with van der Waals surface area (Å²) in [4.78, 5) is 0.301. The molecule has 148 valence electrons. The normalized spacial score (nSPS) is 19.5. The van der Waals surface area contributed by atoms with Crippen molar-refractivity contribution >= 4 is 15.7 Å². The molecule has 3 aromatic rings. The zero-order chi connectivity index (χ0) is 19.5. The van der Waals surface area contributed by atoms with E-state index < -0.39 is 10.0 Å². The molecule has 5 rings (SSSR count). The third kappa shape index (κ3) is 2.82. The van der Waals surface area contributed by atoms with Crippen LogP contribution in [0.2, 0.25) is 0 Å². The minimum atomic E-state index is -3.54. The van der Waals surface area contributed by atoms with E-state index in [9.17, 15) is 8.42 Å². The first-order valence-electron chi connectivity index (χ1n) is 9.69. The Kier molecular flexibility index (Phi) is 4.02. The molecule has 0 unspecified atom stereocenters. The molecule has 2 aliphatic rings. The lowest BCUT2D eigenvalue weighted by Crippen LogP contribution is -2.38. The van der Waals surface area contributed by atoms with Crippen LogP contribution in [0.25, 0.3) is 5.65 Å². The van der Waals surface area contributed by atoms with Crippen LogP contribution in [-0.2, 0) is 10.0 Å². The van der Waals surface area contributed by atoms with Crippen LogP contribution in [0.5, 0.6) is 0 Å². The Labute approximate surface area is 163 Å². The van der Waals surface area contributed by atoms with Gasteiger partial charge in [-0.2, -0.15) is 19.0 Å². The van der Waals surface area contributed by atoms with Crippen LogP contribution in [0.4, 0.5) is 0 Å². The van der Waals surface area contributed by atoms with Gasteiger partial charge in [-0.25, -0.2) is 8.42 Å². The first kappa shape index (κ1) is 17.7. The summed E-state index contributed by atoms with van der Waals surface area (Å²) in [6.07, 6.45) is 3.79. The van der Waals surface area contributed by atoms with Gasteiger partial charge in [0.25, 0.3) is 0 Å². The van der Waals surface area contributed by atoms with Crippen LogP contribution in [0.1, 0.15) is 60.4 Å². The molecule has 0 spiro atoms. The number of hydrogen-bond acceptors (Lipinski definition) is 6. The second kappa shape index (κ2) is 6.35. The molecule has 0 bridgehead atoms. The minimum absolute atomic E-state index is 0.148. The molecule has 1 aliphatic heterocycles. The van der Waals surface area contributed by atoms with Crippen LogP contribution in [0, 0.1) is 13.8 Å². The van der Waals surface area contributed by atoms with Gasteiger partial charge in [0.15, 0.2) is 11.5 Å². The molecule has 1 N–H and O–H groups in total. The molecule has 1 saturated carbocycles. The summed E-state index contributed by atoms with van der Waals surface area (Å²) >= 11 is 0. The van der Waals surface area contributed by atoms with Crippen molar-refractivity contribution in [3.8, 4) is 0 Å². The highest BCUT2D eigenvalue weighted by atomic mass is 32.2. The average Bonchev–Trinajstić information content (AvgIpc) is 3.36. The lowest BCUT2D eigenvalue weighted by molar-refractivity contribution is 0.311. The minimum Gasteiger partial charge on any atom is -0.281 e. The Morgan fingerprint density at radius 1 is 1.04 bits per heavy atom. The molecule has 0 atom stereocenters. The van der Waals surface area contributed by atoms with E-state index in [1.165, 1.54) is 12.8 Å². The highest BCUT2D eigenvalue weighted by molar-refractivity contribution is 7.89. The van der Waals surface area contributed by atoms with Gasteiger partial charge in [-0.05, 0) is 51.7 Å². The first-order chi connectivity index (χ1) is 13.4. The molecule has 9 nitrogen and oxygen atoms in total. The van der Waals surface area contributed by atoms with Crippen molar-refractivity contribution in [1.29, 1.82) is 0 Å². The van der Waals surface area contributed by atoms with Crippen molar-refractivity contribution in [2.75, 3.05) is 13.1 Å². The van der Waals surface area contributed by atoms with Gasteiger partial charge in [0.1, 0.15) is 4.90 Å². The van der Waals surface area contributed by atoms with Crippen molar-refractivity contribution in [3.63, 3.8) is 0 Å². The fourth-order valence-electron chi connectivity index (χ4n) is 4.08. The second-order valence-electron chi connectivity index (χ2n) is 7.80. The van der Waals surface area contributed by atoms with Crippen LogP contribution < -0.4 is 0 Å². The summed E-state index contributed by atoms with van der Waals surface area (Å²) in [6.45, 7) is 4.36. The van der Waals surface area contributed by atoms with Crippen molar-refractivity contribution < 1.29 is 8.42 Å². The number of aromatic nitrogens is 6. The van der Waals surface area contributed by atoms with E-state index in [-0.39, 0.29) is 5.92 Å². The number of piperidine rings is 1. The third-order valence-corrected chi connectivity index (χ3v) is 7.94. The maximum Gasteiger partial charge on any atom is 0.246 e. The highest BCUT2D eigenvalue weighted by Gasteiger charge is 2.35. The summed E-state index contributed by atoms with van der Waals surface area (Å²) in [5.74, 6) is 1.55. The topological polar surface area (TPSA) is 109 Å². The second-order valence-corrected chi connectivity index (χ2v) is 9.68. The number of aromatic amines is 1. The molecule has 4 heterocycles. The first-order valence-corrected chi connectivity index (χ1v) is 11.1. The van der Waals surface area contributed by atoms with Gasteiger partial charge in [-0.1, -0.05) is 0 Å². The third-order valence-electron chi connectivity index (χ3n) is 5.78. The standard InChI is InChI=1S/C18H23N7O2S/c1-11-17(12(2)20-19-11)28(26,27)24-9-7-14(8-10-24)18-22-21-16-6-5-15(13-3-4-13)23-25(16)18/h5-6,13-14H,3-4,7-10H2,1-2H3,(H,19,20). The Bertz CT molecular complexity index is 1120. The lowest BCUT2D eigenvalue weighted by atomic mass is 9.97. The van der Waals surface area contributed by atoms with E-state index in [1.54, 1.807) is 18.2 Å². The molecule has 2 fully saturated rings. The maximum atomic E-state index is 13.0. The van der Waals surface area contributed by atoms with Gasteiger partial charge in [-0.3, -0.25) is 5.10 Å². The van der Waals surface area contributed by atoms with Gasteiger partial charge in [-0.15, -0.1) is 10.2 Å². The van der Waals surface area contributed by atoms with Gasteiger partial charge in [0, 0.05) is 24.9 Å². The van der Waals surface area contributed by atoms with Crippen LogP contribution in [0.15, 0.2) is 17.0 Å². The van der Waals surface area contributed by atoms with Crippen molar-refractivity contribution in [2.24, 2.45) is 0 Å². The quantitative estimate of drug-likeness (QED) is 0.715. The average molecular weight is 401 g/mol. The summed E-state index contributed by atoms with van der Waals surface area (Å²) in [6, 6.07) is 4.01. The molecular formula is C18H23N7O2S. The van der Waals surface area contributed by atoms with Crippen molar-refractivity contribution in [3.05, 3.63) is 35.0 Å². The van der Waals surface area contributed by atoms with Crippen molar-refractivity contribution in [2.45, 2.75) is 56.3 Å². The predicted octanol–water partition coefficient (Wildman–Crippen LogP) is 1.91. The number of fused-ring (bicyclic) bond motifs is 1. The number of sulfonamides is 1. The molecule has 0 radical (unpaired) electrons. The number of hydrogen-bond donors (Lipinski definition) is 1. The number of H-pyrrole nitrogens is 1. The molecule has 0 aromatic carbocycles. The Morgan fingerprint density at radius 2 is 1.79 bits per heavy atom. The molecule has 0 amide bonds. The van der Waals surface area contributed by atoms with E-state index in [0.29, 0.717) is 48.1 Å². The number of aryl methyl sites for hydroxylation is 2. The molecule has 1 aliphatic carbocycles. The fraction of sp³-hybridized carbons (Fsp3) is 0.556. The van der Waals surface area contributed by atoms with Crippen LogP contribution in [-0.4, -0.2) is 55.8 Å². The summed E-state index contributed by atoms with van der Waals surface area (Å²) in [7, 11) is -3.54. The monoisotopic (exact) mass is 401 g/mol. The van der Waals surface area contributed by atoms with Gasteiger partial charge in [0.2, 0.25) is 10.0 Å². The number of rotatable bonds is 4. The summed E-state index contributed by atoms with van der Waals surface area (Å²) < 4.78 is 29.5. The Balaban J connectivity index is 1.38. The molecule has 28 heavy (non-hydrogen) atoms. The van der Waals surface area contributed by atoms with Gasteiger partial charge in [0.05, 0.1) is 17.1 Å². The van der Waals surface area contributed by atoms with E-state index in [0.717, 1.165) is 17.2 Å². The SMILES string of the molecule is Cc1n[nH]c(C)c1S(=O)(=O)N1CCC(c2nnc3ccc(C4CC4)nn23)CC1. The number of nitrogens with one attached hydrogen (secondary N) is 1. The Hall–Kier alpha value is -2.33. The summed E-state index contributed by atoms with van der Waals surface area (Å²) in [5, 5.41) is 20.2. The summed E-state index contributed by atoms with van der Waals surface area (Å²) in [5.41, 5.74) is 2.94. The molecule has 10 heteroatoms. The largest absolute Gasteiger partial charge is 0.281 e. The Morgan fingerprint density at radius 3 is 2.43 bits per heavy atom. The molecule has 3 aromatic heterocycles. The zero-order valence-corrected chi connectivity index (χ0v) is 16.8.